The highest BCUT2D eigenvalue weighted by Crippen LogP contribution is 2.33. The summed E-state index contributed by atoms with van der Waals surface area (Å²) < 4.78 is 0. The van der Waals surface area contributed by atoms with E-state index in [2.05, 4.69) is 6.92 Å². The molecule has 0 radical (unpaired) electrons. The van der Waals surface area contributed by atoms with E-state index in [-0.39, 0.29) is 5.03 Å². The second kappa shape index (κ2) is 6.88. The van der Waals surface area contributed by atoms with Gasteiger partial charge in [0, 0.05) is 12.2 Å². The first kappa shape index (κ1) is 16.4. The zero-order valence-electron chi connectivity index (χ0n) is 12.8. The Morgan fingerprint density at radius 1 is 1.36 bits per heavy atom. The summed E-state index contributed by atoms with van der Waals surface area (Å²) in [5.41, 5.74) is 9.16. The third kappa shape index (κ3) is 3.28. The molecule has 1 heterocycles. The number of aliphatic carboxylic acids is 1. The van der Waals surface area contributed by atoms with Crippen LogP contribution in [-0.4, -0.2) is 28.6 Å². The molecular weight excluding hydrogens is 300 g/mol. The number of unbranched alkanes of at least 4 members (excludes halogenated alkanes) is 1. The van der Waals surface area contributed by atoms with Crippen molar-refractivity contribution in [2.24, 2.45) is 5.73 Å². The van der Waals surface area contributed by atoms with Crippen LogP contribution in [0.4, 0.5) is 0 Å². The molecule has 1 aliphatic rings. The van der Waals surface area contributed by atoms with E-state index in [0.717, 1.165) is 29.7 Å². The molecule has 1 aromatic carbocycles. The van der Waals surface area contributed by atoms with Crippen LogP contribution in [0.15, 0.2) is 41.1 Å². The zero-order chi connectivity index (χ0) is 16.3. The van der Waals surface area contributed by atoms with Gasteiger partial charge in [-0.3, -0.25) is 0 Å². The van der Waals surface area contributed by atoms with Gasteiger partial charge in [-0.2, -0.15) is 0 Å². The van der Waals surface area contributed by atoms with Crippen LogP contribution in [0.1, 0.15) is 30.9 Å². The Kier molecular flexibility index (Phi) is 5.14. The standard InChI is InChI=1S/C17H21ClN2O2/c1-3-4-9-20-14(12-7-5-11(2)6-8-12)10-13(19)15(18)16(20)17(21)22/h5-8,10,16H,3-4,9,19H2,1-2H3,(H,21,22). The minimum Gasteiger partial charge on any atom is -0.479 e. The second-order valence-electron chi connectivity index (χ2n) is 5.49. The van der Waals surface area contributed by atoms with Crippen LogP contribution in [0.3, 0.4) is 0 Å². The summed E-state index contributed by atoms with van der Waals surface area (Å²) >= 11 is 6.17. The van der Waals surface area contributed by atoms with Gasteiger partial charge in [-0.1, -0.05) is 54.8 Å². The van der Waals surface area contributed by atoms with Gasteiger partial charge < -0.3 is 15.7 Å². The lowest BCUT2D eigenvalue weighted by atomic mass is 10.0. The van der Waals surface area contributed by atoms with E-state index in [9.17, 15) is 9.90 Å². The molecule has 0 aromatic heterocycles. The molecule has 3 N–H and O–H groups in total. The molecule has 0 amide bonds. The molecule has 118 valence electrons. The number of carboxylic acid groups (broad SMARTS) is 1. The number of allylic oxidation sites excluding steroid dienone is 1. The van der Waals surface area contributed by atoms with Crippen LogP contribution in [0.2, 0.25) is 0 Å². The van der Waals surface area contributed by atoms with Crippen molar-refractivity contribution in [3.8, 4) is 0 Å². The van der Waals surface area contributed by atoms with Crippen LogP contribution in [-0.2, 0) is 4.79 Å². The van der Waals surface area contributed by atoms with Crippen molar-refractivity contribution in [2.45, 2.75) is 32.7 Å². The topological polar surface area (TPSA) is 66.6 Å². The van der Waals surface area contributed by atoms with Crippen molar-refractivity contribution >= 4 is 23.3 Å². The first-order valence-corrected chi connectivity index (χ1v) is 7.76. The fourth-order valence-electron chi connectivity index (χ4n) is 2.53. The number of nitrogens with zero attached hydrogens (tertiary/aromatic N) is 1. The normalized spacial score (nSPS) is 18.4. The monoisotopic (exact) mass is 320 g/mol. The summed E-state index contributed by atoms with van der Waals surface area (Å²) in [5, 5.41) is 9.74. The van der Waals surface area contributed by atoms with Gasteiger partial charge in [-0.05, 0) is 25.0 Å². The van der Waals surface area contributed by atoms with Gasteiger partial charge >= 0.3 is 5.97 Å². The van der Waals surface area contributed by atoms with Gasteiger partial charge in [0.05, 0.1) is 10.7 Å². The summed E-state index contributed by atoms with van der Waals surface area (Å²) in [5.74, 6) is -0.984. The molecule has 0 aliphatic carbocycles. The number of hydrogen-bond donors (Lipinski definition) is 2. The molecular formula is C17H21ClN2O2. The molecule has 1 aliphatic heterocycles. The lowest BCUT2D eigenvalue weighted by Crippen LogP contribution is -2.43. The van der Waals surface area contributed by atoms with E-state index in [1.165, 1.54) is 0 Å². The Morgan fingerprint density at radius 2 is 2.00 bits per heavy atom. The molecule has 2 rings (SSSR count). The Bertz CT molecular complexity index is 620. The quantitative estimate of drug-likeness (QED) is 0.873. The molecule has 4 nitrogen and oxygen atoms in total. The van der Waals surface area contributed by atoms with E-state index < -0.39 is 12.0 Å². The van der Waals surface area contributed by atoms with Crippen molar-refractivity contribution in [1.82, 2.24) is 4.90 Å². The van der Waals surface area contributed by atoms with Crippen LogP contribution >= 0.6 is 11.6 Å². The number of benzene rings is 1. The lowest BCUT2D eigenvalue weighted by molar-refractivity contribution is -0.140. The second-order valence-corrected chi connectivity index (χ2v) is 5.89. The number of carboxylic acids is 1. The Hall–Kier alpha value is -1.94. The fourth-order valence-corrected chi connectivity index (χ4v) is 2.79. The maximum Gasteiger partial charge on any atom is 0.332 e. The van der Waals surface area contributed by atoms with Crippen LogP contribution in [0.25, 0.3) is 5.70 Å². The predicted molar refractivity (Wildman–Crippen MR) is 89.3 cm³/mol. The van der Waals surface area contributed by atoms with Crippen molar-refractivity contribution in [3.05, 3.63) is 52.2 Å². The average molecular weight is 321 g/mol. The predicted octanol–water partition coefficient (Wildman–Crippen LogP) is 3.31. The highest BCUT2D eigenvalue weighted by Gasteiger charge is 2.34. The van der Waals surface area contributed by atoms with E-state index >= 15 is 0 Å². The van der Waals surface area contributed by atoms with Crippen molar-refractivity contribution in [1.29, 1.82) is 0 Å². The van der Waals surface area contributed by atoms with Crippen LogP contribution in [0, 0.1) is 6.92 Å². The van der Waals surface area contributed by atoms with Gasteiger partial charge in [0.1, 0.15) is 0 Å². The summed E-state index contributed by atoms with van der Waals surface area (Å²) in [6.07, 6.45) is 3.62. The summed E-state index contributed by atoms with van der Waals surface area (Å²) in [4.78, 5) is 13.5. The highest BCUT2D eigenvalue weighted by atomic mass is 35.5. The van der Waals surface area contributed by atoms with Gasteiger partial charge in [0.25, 0.3) is 0 Å². The minimum atomic E-state index is -0.984. The van der Waals surface area contributed by atoms with E-state index in [1.54, 1.807) is 6.08 Å². The first-order chi connectivity index (χ1) is 10.5. The van der Waals surface area contributed by atoms with E-state index in [1.807, 2.05) is 36.1 Å². The SMILES string of the molecule is CCCCN1C(c2ccc(C)cc2)=CC(N)=C(Cl)C1C(=O)O. The largest absolute Gasteiger partial charge is 0.479 e. The fraction of sp³-hybridized carbons (Fsp3) is 0.353. The molecule has 0 saturated heterocycles. The molecule has 1 atom stereocenters. The third-order valence-corrected chi connectivity index (χ3v) is 4.19. The number of hydrogen-bond acceptors (Lipinski definition) is 3. The highest BCUT2D eigenvalue weighted by molar-refractivity contribution is 6.32. The van der Waals surface area contributed by atoms with Gasteiger partial charge in [0.2, 0.25) is 0 Å². The maximum absolute atomic E-state index is 11.7. The molecule has 1 unspecified atom stereocenters. The smallest absolute Gasteiger partial charge is 0.332 e. The Balaban J connectivity index is 2.48. The van der Waals surface area contributed by atoms with Gasteiger partial charge in [-0.15, -0.1) is 0 Å². The number of nitrogens with two attached hydrogens (primary N) is 1. The van der Waals surface area contributed by atoms with Crippen LogP contribution < -0.4 is 5.73 Å². The molecule has 0 spiro atoms. The van der Waals surface area contributed by atoms with Gasteiger partial charge in [0.15, 0.2) is 6.04 Å². The average Bonchev–Trinajstić information content (AvgIpc) is 2.48. The molecule has 1 aromatic rings. The van der Waals surface area contributed by atoms with E-state index in [0.29, 0.717) is 12.2 Å². The maximum atomic E-state index is 11.7. The minimum absolute atomic E-state index is 0.180. The van der Waals surface area contributed by atoms with Crippen molar-refractivity contribution < 1.29 is 9.90 Å². The zero-order valence-corrected chi connectivity index (χ0v) is 13.6. The molecule has 5 heteroatoms. The number of halogens is 1. The Labute approximate surface area is 135 Å². The number of aryl methyl sites for hydroxylation is 1. The van der Waals surface area contributed by atoms with Crippen molar-refractivity contribution in [3.63, 3.8) is 0 Å². The third-order valence-electron chi connectivity index (χ3n) is 3.76. The molecule has 22 heavy (non-hydrogen) atoms. The lowest BCUT2D eigenvalue weighted by Gasteiger charge is -2.36. The van der Waals surface area contributed by atoms with Gasteiger partial charge in [-0.25, -0.2) is 4.79 Å². The number of carbonyl (C=O) groups is 1. The summed E-state index contributed by atoms with van der Waals surface area (Å²) in [7, 11) is 0. The number of rotatable bonds is 5. The van der Waals surface area contributed by atoms with Crippen molar-refractivity contribution in [2.75, 3.05) is 6.54 Å². The molecule has 0 fully saturated rings. The van der Waals surface area contributed by atoms with E-state index in [4.69, 9.17) is 17.3 Å². The molecule has 0 bridgehead atoms. The molecule has 0 saturated carbocycles. The Morgan fingerprint density at radius 3 is 2.55 bits per heavy atom. The summed E-state index contributed by atoms with van der Waals surface area (Å²) in [6, 6.07) is 7.03. The first-order valence-electron chi connectivity index (χ1n) is 7.39. The van der Waals surface area contributed by atoms with Crippen LogP contribution in [0.5, 0.6) is 0 Å². The summed E-state index contributed by atoms with van der Waals surface area (Å²) in [6.45, 7) is 4.70.